The zero-order valence-electron chi connectivity index (χ0n) is 16.1. The highest BCUT2D eigenvalue weighted by atomic mass is 16.5. The lowest BCUT2D eigenvalue weighted by Crippen LogP contribution is -2.46. The van der Waals surface area contributed by atoms with Gasteiger partial charge in [0.15, 0.2) is 11.5 Å². The fourth-order valence-electron chi connectivity index (χ4n) is 3.55. The topological polar surface area (TPSA) is 34.2 Å². The lowest BCUT2D eigenvalue weighted by atomic mass is 10.1. The van der Waals surface area contributed by atoms with Crippen LogP contribution in [0.2, 0.25) is 0 Å². The third kappa shape index (κ3) is 3.88. The molecule has 1 saturated heterocycles. The fraction of sp³-hybridized carbons (Fsp3) is 0.429. The summed E-state index contributed by atoms with van der Waals surface area (Å²) in [6.07, 6.45) is 0. The Balaban J connectivity index is 1.67. The summed E-state index contributed by atoms with van der Waals surface area (Å²) in [6, 6.07) is 12.7. The zero-order valence-corrected chi connectivity index (χ0v) is 16.1. The SMILES string of the molecule is COc1cc(CN2CCN(c3ccccc3C)CC2)cc(OC)c1OC. The van der Waals surface area contributed by atoms with Crippen LogP contribution in [0.4, 0.5) is 5.69 Å². The molecule has 0 bridgehead atoms. The van der Waals surface area contributed by atoms with Crippen LogP contribution in [0.15, 0.2) is 36.4 Å². The number of aryl methyl sites for hydroxylation is 1. The van der Waals surface area contributed by atoms with Crippen LogP contribution in [-0.4, -0.2) is 52.4 Å². The molecule has 0 aromatic heterocycles. The van der Waals surface area contributed by atoms with E-state index in [1.165, 1.54) is 16.8 Å². The highest BCUT2D eigenvalue weighted by Crippen LogP contribution is 2.38. The minimum Gasteiger partial charge on any atom is -0.493 e. The van der Waals surface area contributed by atoms with Crippen molar-refractivity contribution in [3.05, 3.63) is 47.5 Å². The molecule has 5 heteroatoms. The first-order valence-electron chi connectivity index (χ1n) is 8.98. The molecule has 0 aliphatic carbocycles. The minimum absolute atomic E-state index is 0.642. The molecule has 3 rings (SSSR count). The van der Waals surface area contributed by atoms with Gasteiger partial charge < -0.3 is 19.1 Å². The van der Waals surface area contributed by atoms with Gasteiger partial charge >= 0.3 is 0 Å². The Hall–Kier alpha value is -2.40. The number of nitrogens with zero attached hydrogens (tertiary/aromatic N) is 2. The first kappa shape index (κ1) is 18.4. The van der Waals surface area contributed by atoms with E-state index in [1.54, 1.807) is 21.3 Å². The lowest BCUT2D eigenvalue weighted by molar-refractivity contribution is 0.248. The van der Waals surface area contributed by atoms with E-state index >= 15 is 0 Å². The highest BCUT2D eigenvalue weighted by molar-refractivity contribution is 5.54. The number of methoxy groups -OCH3 is 3. The molecule has 2 aromatic rings. The molecule has 26 heavy (non-hydrogen) atoms. The summed E-state index contributed by atoms with van der Waals surface area (Å²) in [5.74, 6) is 2.06. The van der Waals surface area contributed by atoms with E-state index in [0.717, 1.165) is 32.7 Å². The van der Waals surface area contributed by atoms with E-state index in [9.17, 15) is 0 Å². The van der Waals surface area contributed by atoms with E-state index in [1.807, 2.05) is 12.1 Å². The second-order valence-corrected chi connectivity index (χ2v) is 6.58. The van der Waals surface area contributed by atoms with Crippen molar-refractivity contribution in [2.24, 2.45) is 0 Å². The van der Waals surface area contributed by atoms with E-state index in [4.69, 9.17) is 14.2 Å². The van der Waals surface area contributed by atoms with E-state index in [0.29, 0.717) is 17.2 Å². The summed E-state index contributed by atoms with van der Waals surface area (Å²) in [7, 11) is 4.94. The number of hydrogen-bond acceptors (Lipinski definition) is 5. The molecular formula is C21H28N2O3. The van der Waals surface area contributed by atoms with Crippen LogP contribution in [-0.2, 0) is 6.54 Å². The van der Waals surface area contributed by atoms with Gasteiger partial charge in [0.1, 0.15) is 0 Å². The quantitative estimate of drug-likeness (QED) is 0.793. The zero-order chi connectivity index (χ0) is 18.5. The predicted molar refractivity (Wildman–Crippen MR) is 105 cm³/mol. The van der Waals surface area contributed by atoms with Crippen molar-refractivity contribution < 1.29 is 14.2 Å². The molecule has 2 aromatic carbocycles. The second-order valence-electron chi connectivity index (χ2n) is 6.58. The van der Waals surface area contributed by atoms with Crippen molar-refractivity contribution in [1.29, 1.82) is 0 Å². The van der Waals surface area contributed by atoms with Crippen molar-refractivity contribution in [3.8, 4) is 17.2 Å². The number of ether oxygens (including phenoxy) is 3. The van der Waals surface area contributed by atoms with Crippen LogP contribution < -0.4 is 19.1 Å². The van der Waals surface area contributed by atoms with Crippen molar-refractivity contribution in [3.63, 3.8) is 0 Å². The van der Waals surface area contributed by atoms with Crippen molar-refractivity contribution in [1.82, 2.24) is 4.90 Å². The molecule has 1 aliphatic heterocycles. The van der Waals surface area contributed by atoms with Gasteiger partial charge in [-0.25, -0.2) is 0 Å². The Morgan fingerprint density at radius 1 is 0.846 bits per heavy atom. The Kier molecular flexibility index (Phi) is 5.89. The van der Waals surface area contributed by atoms with Crippen LogP contribution in [0, 0.1) is 6.92 Å². The first-order valence-corrected chi connectivity index (χ1v) is 8.98. The van der Waals surface area contributed by atoms with Crippen LogP contribution in [0.25, 0.3) is 0 Å². The number of rotatable bonds is 6. The van der Waals surface area contributed by atoms with Crippen LogP contribution in [0.3, 0.4) is 0 Å². The largest absolute Gasteiger partial charge is 0.493 e. The van der Waals surface area contributed by atoms with Gasteiger partial charge in [0.05, 0.1) is 21.3 Å². The van der Waals surface area contributed by atoms with Crippen molar-refractivity contribution in [2.75, 3.05) is 52.4 Å². The molecule has 0 amide bonds. The smallest absolute Gasteiger partial charge is 0.203 e. The van der Waals surface area contributed by atoms with Gasteiger partial charge in [-0.2, -0.15) is 0 Å². The first-order chi connectivity index (χ1) is 12.7. The fourth-order valence-corrected chi connectivity index (χ4v) is 3.55. The summed E-state index contributed by atoms with van der Waals surface area (Å²) in [5, 5.41) is 0. The maximum Gasteiger partial charge on any atom is 0.203 e. The van der Waals surface area contributed by atoms with E-state index < -0.39 is 0 Å². The van der Waals surface area contributed by atoms with Gasteiger partial charge in [-0.15, -0.1) is 0 Å². The normalized spacial score (nSPS) is 15.0. The number of anilines is 1. The molecule has 0 saturated carbocycles. The molecule has 0 spiro atoms. The number of benzene rings is 2. The van der Waals surface area contributed by atoms with Crippen LogP contribution in [0.5, 0.6) is 17.2 Å². The van der Waals surface area contributed by atoms with Gasteiger partial charge in [-0.3, -0.25) is 4.90 Å². The third-order valence-electron chi connectivity index (χ3n) is 4.96. The Morgan fingerprint density at radius 2 is 1.46 bits per heavy atom. The Morgan fingerprint density at radius 3 is 2.00 bits per heavy atom. The summed E-state index contributed by atoms with van der Waals surface area (Å²) >= 11 is 0. The molecule has 0 unspecified atom stereocenters. The average molecular weight is 356 g/mol. The molecule has 1 fully saturated rings. The molecule has 140 valence electrons. The number of para-hydroxylation sites is 1. The van der Waals surface area contributed by atoms with Gasteiger partial charge in [-0.05, 0) is 36.2 Å². The van der Waals surface area contributed by atoms with Crippen LogP contribution in [0.1, 0.15) is 11.1 Å². The van der Waals surface area contributed by atoms with Crippen molar-refractivity contribution in [2.45, 2.75) is 13.5 Å². The predicted octanol–water partition coefficient (Wildman–Crippen LogP) is 3.34. The minimum atomic E-state index is 0.642. The summed E-state index contributed by atoms with van der Waals surface area (Å²) in [4.78, 5) is 4.94. The van der Waals surface area contributed by atoms with E-state index in [2.05, 4.69) is 41.0 Å². The highest BCUT2D eigenvalue weighted by Gasteiger charge is 2.20. The molecule has 0 N–H and O–H groups in total. The lowest BCUT2D eigenvalue weighted by Gasteiger charge is -2.37. The molecule has 1 aliphatic rings. The Labute approximate surface area is 156 Å². The monoisotopic (exact) mass is 356 g/mol. The van der Waals surface area contributed by atoms with Gasteiger partial charge in [0.2, 0.25) is 5.75 Å². The van der Waals surface area contributed by atoms with Gasteiger partial charge in [-0.1, -0.05) is 18.2 Å². The average Bonchev–Trinajstić information content (AvgIpc) is 2.68. The Bertz CT molecular complexity index is 715. The maximum atomic E-state index is 5.46. The third-order valence-corrected chi connectivity index (χ3v) is 4.96. The van der Waals surface area contributed by atoms with E-state index in [-0.39, 0.29) is 0 Å². The molecule has 1 heterocycles. The standard InChI is InChI=1S/C21H28N2O3/c1-16-7-5-6-8-18(16)23-11-9-22(10-12-23)15-17-13-19(24-2)21(26-4)20(14-17)25-3/h5-8,13-14H,9-12,15H2,1-4H3. The summed E-state index contributed by atoms with van der Waals surface area (Å²) in [6.45, 7) is 7.19. The second kappa shape index (κ2) is 8.32. The molecular weight excluding hydrogens is 328 g/mol. The summed E-state index contributed by atoms with van der Waals surface area (Å²) in [5.41, 5.74) is 3.86. The molecule has 0 radical (unpaired) electrons. The van der Waals surface area contributed by atoms with Crippen LogP contribution >= 0.6 is 0 Å². The van der Waals surface area contributed by atoms with Gasteiger partial charge in [0, 0.05) is 38.4 Å². The van der Waals surface area contributed by atoms with Crippen molar-refractivity contribution >= 4 is 5.69 Å². The maximum absolute atomic E-state index is 5.46. The summed E-state index contributed by atoms with van der Waals surface area (Å²) < 4.78 is 16.3. The number of hydrogen-bond donors (Lipinski definition) is 0. The molecule has 0 atom stereocenters. The molecule has 5 nitrogen and oxygen atoms in total. The van der Waals surface area contributed by atoms with Gasteiger partial charge in [0.25, 0.3) is 0 Å². The number of piperazine rings is 1.